The van der Waals surface area contributed by atoms with Crippen molar-refractivity contribution in [2.45, 2.75) is 32.2 Å². The van der Waals surface area contributed by atoms with Crippen molar-refractivity contribution in [1.29, 1.82) is 0 Å². The van der Waals surface area contributed by atoms with E-state index in [0.717, 1.165) is 0 Å². The Morgan fingerprint density at radius 2 is 2.05 bits per heavy atom. The minimum Gasteiger partial charge on any atom is -0.480 e. The van der Waals surface area contributed by atoms with Gasteiger partial charge in [-0.05, 0) is 26.2 Å². The maximum absolute atomic E-state index is 10.9. The number of oxime groups is 1. The molecule has 0 bridgehead atoms. The Bertz CT molecular complexity index is 347. The summed E-state index contributed by atoms with van der Waals surface area (Å²) in [5.74, 6) is -0.764. The van der Waals surface area contributed by atoms with Crippen LogP contribution in [0.2, 0.25) is 0 Å². The minimum atomic E-state index is -1.04. The van der Waals surface area contributed by atoms with E-state index in [4.69, 9.17) is 20.8 Å². The highest BCUT2D eigenvalue weighted by Crippen LogP contribution is 2.03. The average molecular weight is 291 g/mol. The fourth-order valence-electron chi connectivity index (χ4n) is 1.36. The summed E-state index contributed by atoms with van der Waals surface area (Å²) in [5.41, 5.74) is 5.37. The zero-order valence-electron chi connectivity index (χ0n) is 11.6. The summed E-state index contributed by atoms with van der Waals surface area (Å²) < 4.78 is 9.07. The van der Waals surface area contributed by atoms with Crippen LogP contribution in [0.4, 0.5) is 4.79 Å². The van der Waals surface area contributed by atoms with Gasteiger partial charge in [-0.2, -0.15) is 0 Å². The van der Waals surface area contributed by atoms with Crippen LogP contribution < -0.4 is 5.73 Å². The number of nitrogens with two attached hydrogens (primary N) is 1. The molecule has 0 aliphatic heterocycles. The van der Waals surface area contributed by atoms with Gasteiger partial charge in [0.2, 0.25) is 0 Å². The van der Waals surface area contributed by atoms with Crippen LogP contribution in [0.3, 0.4) is 0 Å². The van der Waals surface area contributed by atoms with Gasteiger partial charge in [-0.25, -0.2) is 4.79 Å². The number of carboxylic acid groups (broad SMARTS) is 1. The number of carbonyl (C=O) groups is 2. The highest BCUT2D eigenvalue weighted by atomic mass is 16.7. The molecule has 0 aromatic rings. The van der Waals surface area contributed by atoms with Crippen LogP contribution >= 0.6 is 0 Å². The normalized spacial score (nSPS) is 12.7. The third-order valence-electron chi connectivity index (χ3n) is 2.62. The highest BCUT2D eigenvalue weighted by molar-refractivity contribution is 5.79. The van der Waals surface area contributed by atoms with E-state index in [0.29, 0.717) is 25.8 Å². The first kappa shape index (κ1) is 18.0. The van der Waals surface area contributed by atoms with E-state index in [1.165, 1.54) is 12.0 Å². The van der Waals surface area contributed by atoms with Crippen molar-refractivity contribution >= 4 is 18.0 Å². The Hall–Kier alpha value is -2.03. The molecule has 0 amide bonds. The summed E-state index contributed by atoms with van der Waals surface area (Å²) in [5, 5.41) is 20.4. The van der Waals surface area contributed by atoms with Gasteiger partial charge >= 0.3 is 12.1 Å². The fraction of sp³-hybridized carbons (Fsp3) is 0.727. The fourth-order valence-corrected chi connectivity index (χ4v) is 1.36. The number of unbranched alkanes of at least 4 members (excludes halogenated alkanes) is 1. The lowest BCUT2D eigenvalue weighted by molar-refractivity contribution is -0.138. The van der Waals surface area contributed by atoms with E-state index in [-0.39, 0.29) is 12.6 Å². The molecule has 20 heavy (non-hydrogen) atoms. The summed E-state index contributed by atoms with van der Waals surface area (Å²) in [6, 6.07) is -0.887. The largest absolute Gasteiger partial charge is 0.509 e. The number of nitrogens with zero attached hydrogens (tertiary/aromatic N) is 2. The second-order valence-corrected chi connectivity index (χ2v) is 4.08. The average Bonchev–Trinajstić information content (AvgIpc) is 2.44. The lowest BCUT2D eigenvalue weighted by Crippen LogP contribution is -2.34. The molecule has 0 radical (unpaired) electrons. The molecule has 0 saturated carbocycles. The van der Waals surface area contributed by atoms with Gasteiger partial charge in [-0.3, -0.25) is 4.79 Å². The van der Waals surface area contributed by atoms with Gasteiger partial charge in [0.25, 0.3) is 0 Å². The van der Waals surface area contributed by atoms with Crippen LogP contribution in [0.15, 0.2) is 5.16 Å². The van der Waals surface area contributed by atoms with E-state index in [1.54, 1.807) is 6.92 Å². The predicted octanol–water partition coefficient (Wildman–Crippen LogP) is 0.419. The van der Waals surface area contributed by atoms with E-state index < -0.39 is 18.2 Å². The van der Waals surface area contributed by atoms with Crippen LogP contribution in [0.1, 0.15) is 26.2 Å². The molecule has 9 heteroatoms. The van der Waals surface area contributed by atoms with E-state index in [9.17, 15) is 9.59 Å². The molecule has 1 atom stereocenters. The number of carboxylic acids is 1. The number of aliphatic carboxylic acids is 1. The smallest absolute Gasteiger partial charge is 0.480 e. The van der Waals surface area contributed by atoms with Gasteiger partial charge in [0.05, 0.1) is 7.11 Å². The number of hydrogen-bond donors (Lipinski definition) is 3. The molecule has 9 nitrogen and oxygen atoms in total. The van der Waals surface area contributed by atoms with Crippen molar-refractivity contribution in [2.24, 2.45) is 10.9 Å². The molecule has 0 heterocycles. The molecular formula is C11H21N3O6. The molecular weight excluding hydrogens is 270 g/mol. The SMILES string of the molecule is COC(=O)OCN(CCCC[C@H](N)C(=O)O)C(C)=NO. The van der Waals surface area contributed by atoms with Crippen molar-refractivity contribution in [3.05, 3.63) is 0 Å². The van der Waals surface area contributed by atoms with E-state index in [2.05, 4.69) is 9.89 Å². The van der Waals surface area contributed by atoms with Crippen LogP contribution in [-0.2, 0) is 14.3 Å². The van der Waals surface area contributed by atoms with Crippen molar-refractivity contribution in [2.75, 3.05) is 20.4 Å². The zero-order valence-corrected chi connectivity index (χ0v) is 11.6. The van der Waals surface area contributed by atoms with Crippen LogP contribution in [-0.4, -0.2) is 59.6 Å². The number of hydrogen-bond acceptors (Lipinski definition) is 7. The third kappa shape index (κ3) is 7.41. The first-order valence-electron chi connectivity index (χ1n) is 6.05. The molecule has 0 aromatic heterocycles. The van der Waals surface area contributed by atoms with Crippen LogP contribution in [0, 0.1) is 0 Å². The van der Waals surface area contributed by atoms with Gasteiger partial charge in [-0.15, -0.1) is 0 Å². The molecule has 0 spiro atoms. The summed E-state index contributed by atoms with van der Waals surface area (Å²) >= 11 is 0. The summed E-state index contributed by atoms with van der Waals surface area (Å²) in [4.78, 5) is 22.9. The highest BCUT2D eigenvalue weighted by Gasteiger charge is 2.13. The number of rotatable bonds is 8. The Morgan fingerprint density at radius 1 is 1.40 bits per heavy atom. The van der Waals surface area contributed by atoms with Crippen molar-refractivity contribution < 1.29 is 29.4 Å². The topological polar surface area (TPSA) is 135 Å². The molecule has 0 unspecified atom stereocenters. The molecule has 0 aromatic carbocycles. The molecule has 116 valence electrons. The van der Waals surface area contributed by atoms with E-state index >= 15 is 0 Å². The second kappa shape index (κ2) is 9.84. The minimum absolute atomic E-state index is 0.118. The molecule has 0 rings (SSSR count). The first-order chi connectivity index (χ1) is 9.42. The summed E-state index contributed by atoms with van der Waals surface area (Å²) in [7, 11) is 1.19. The molecule has 4 N–H and O–H groups in total. The van der Waals surface area contributed by atoms with Gasteiger partial charge in [0, 0.05) is 6.54 Å². The Kier molecular flexibility index (Phi) is 8.84. The third-order valence-corrected chi connectivity index (χ3v) is 2.62. The Balaban J connectivity index is 4.11. The predicted molar refractivity (Wildman–Crippen MR) is 69.4 cm³/mol. The number of amidine groups is 1. The van der Waals surface area contributed by atoms with Crippen LogP contribution in [0.5, 0.6) is 0 Å². The first-order valence-corrected chi connectivity index (χ1v) is 6.05. The Morgan fingerprint density at radius 3 is 2.55 bits per heavy atom. The number of methoxy groups -OCH3 is 1. The lowest BCUT2D eigenvalue weighted by atomic mass is 10.1. The maximum Gasteiger partial charge on any atom is 0.509 e. The van der Waals surface area contributed by atoms with Crippen molar-refractivity contribution in [3.63, 3.8) is 0 Å². The summed E-state index contributed by atoms with van der Waals surface area (Å²) in [6.45, 7) is 1.86. The van der Waals surface area contributed by atoms with Crippen LogP contribution in [0.25, 0.3) is 0 Å². The molecule has 0 fully saturated rings. The summed E-state index contributed by atoms with van der Waals surface area (Å²) in [6.07, 6.45) is 0.698. The standard InChI is InChI=1S/C11H21N3O6/c1-8(13-18)14(7-20-11(17)19-2)6-4-3-5-9(12)10(15)16/h9,18H,3-7,12H2,1-2H3,(H,15,16)/t9-/m0/s1. The van der Waals surface area contributed by atoms with Gasteiger partial charge in [0.1, 0.15) is 11.9 Å². The lowest BCUT2D eigenvalue weighted by Gasteiger charge is -2.22. The number of ether oxygens (including phenoxy) is 2. The van der Waals surface area contributed by atoms with Gasteiger partial charge in [-0.1, -0.05) is 5.16 Å². The second-order valence-electron chi connectivity index (χ2n) is 4.08. The molecule has 0 aliphatic carbocycles. The molecule has 0 saturated heterocycles. The number of carbonyl (C=O) groups excluding carboxylic acids is 1. The van der Waals surface area contributed by atoms with Crippen molar-refractivity contribution in [1.82, 2.24) is 4.90 Å². The molecule has 0 aliphatic rings. The monoisotopic (exact) mass is 291 g/mol. The maximum atomic E-state index is 10.9. The quantitative estimate of drug-likeness (QED) is 0.111. The Labute approximate surface area is 116 Å². The van der Waals surface area contributed by atoms with Crippen molar-refractivity contribution in [3.8, 4) is 0 Å². The van der Waals surface area contributed by atoms with Gasteiger partial charge in [0.15, 0.2) is 6.73 Å². The van der Waals surface area contributed by atoms with Gasteiger partial charge < -0.3 is 30.4 Å². The zero-order chi connectivity index (χ0) is 15.5. The van der Waals surface area contributed by atoms with E-state index in [1.807, 2.05) is 0 Å².